The molecule has 3 atom stereocenters. The van der Waals surface area contributed by atoms with Crippen molar-refractivity contribution >= 4 is 6.03 Å². The minimum atomic E-state index is 0.0832. The van der Waals surface area contributed by atoms with Gasteiger partial charge in [0.05, 0.1) is 13.2 Å². The van der Waals surface area contributed by atoms with E-state index in [4.69, 9.17) is 10.5 Å². The molecule has 6 nitrogen and oxygen atoms in total. The summed E-state index contributed by atoms with van der Waals surface area (Å²) in [5, 5.41) is 3.04. The van der Waals surface area contributed by atoms with Crippen molar-refractivity contribution in [1.82, 2.24) is 15.1 Å². The predicted molar refractivity (Wildman–Crippen MR) is 76.4 cm³/mol. The Morgan fingerprint density at radius 1 is 1.25 bits per heavy atom. The van der Waals surface area contributed by atoms with Crippen LogP contribution in [0, 0.1) is 11.8 Å². The van der Waals surface area contributed by atoms with Crippen molar-refractivity contribution in [2.75, 3.05) is 52.5 Å². The van der Waals surface area contributed by atoms with E-state index in [1.54, 1.807) is 0 Å². The number of fused-ring (bicyclic) bond motifs is 1. The lowest BCUT2D eigenvalue weighted by molar-refractivity contribution is 0.0386. The summed E-state index contributed by atoms with van der Waals surface area (Å²) in [7, 11) is 0. The highest BCUT2D eigenvalue weighted by molar-refractivity contribution is 5.74. The zero-order chi connectivity index (χ0) is 13.9. The summed E-state index contributed by atoms with van der Waals surface area (Å²) in [5.74, 6) is 1.16. The standard InChI is InChI=1S/C14H26N4O2/c15-13-2-1-11-9-18(10-12(11)13)14(19)16-3-4-17-5-7-20-8-6-17/h11-13H,1-10,15H2,(H,16,19). The number of nitrogens with two attached hydrogens (primary N) is 1. The molecule has 0 aromatic heterocycles. The summed E-state index contributed by atoms with van der Waals surface area (Å²) in [6, 6.07) is 0.381. The van der Waals surface area contributed by atoms with E-state index in [0.29, 0.717) is 17.9 Å². The lowest BCUT2D eigenvalue weighted by atomic mass is 9.98. The zero-order valence-corrected chi connectivity index (χ0v) is 12.1. The fraction of sp³-hybridized carbons (Fsp3) is 0.929. The Morgan fingerprint density at radius 3 is 2.80 bits per heavy atom. The van der Waals surface area contributed by atoms with E-state index in [0.717, 1.165) is 58.9 Å². The molecule has 114 valence electrons. The molecule has 6 heteroatoms. The summed E-state index contributed by atoms with van der Waals surface area (Å²) in [4.78, 5) is 16.4. The Kier molecular flexibility index (Phi) is 4.43. The molecule has 3 rings (SSSR count). The average molecular weight is 282 g/mol. The highest BCUT2D eigenvalue weighted by Gasteiger charge is 2.42. The van der Waals surface area contributed by atoms with Crippen LogP contribution in [0.3, 0.4) is 0 Å². The van der Waals surface area contributed by atoms with E-state index in [2.05, 4.69) is 10.2 Å². The maximum atomic E-state index is 12.2. The minimum Gasteiger partial charge on any atom is -0.379 e. The van der Waals surface area contributed by atoms with Crippen molar-refractivity contribution in [1.29, 1.82) is 0 Å². The molecule has 3 unspecified atom stereocenters. The number of hydrogen-bond donors (Lipinski definition) is 2. The van der Waals surface area contributed by atoms with Crippen LogP contribution < -0.4 is 11.1 Å². The van der Waals surface area contributed by atoms with Gasteiger partial charge in [-0.25, -0.2) is 4.79 Å². The number of nitrogens with one attached hydrogen (secondary N) is 1. The third-order valence-corrected chi connectivity index (χ3v) is 5.01. The first-order chi connectivity index (χ1) is 9.74. The van der Waals surface area contributed by atoms with Gasteiger partial charge in [0.15, 0.2) is 0 Å². The molecular formula is C14H26N4O2. The Labute approximate surface area is 120 Å². The van der Waals surface area contributed by atoms with Gasteiger partial charge in [-0.2, -0.15) is 0 Å². The monoisotopic (exact) mass is 282 g/mol. The molecule has 2 heterocycles. The van der Waals surface area contributed by atoms with Crippen molar-refractivity contribution in [3.05, 3.63) is 0 Å². The van der Waals surface area contributed by atoms with Gasteiger partial charge in [-0.05, 0) is 24.7 Å². The molecule has 1 aliphatic carbocycles. The number of ether oxygens (including phenoxy) is 1. The molecule has 1 saturated carbocycles. The van der Waals surface area contributed by atoms with Crippen LogP contribution in [-0.2, 0) is 4.74 Å². The molecule has 3 fully saturated rings. The molecule has 0 aromatic carbocycles. The van der Waals surface area contributed by atoms with E-state index in [1.807, 2.05) is 4.90 Å². The Balaban J connectivity index is 1.37. The van der Waals surface area contributed by atoms with Gasteiger partial charge >= 0.3 is 6.03 Å². The molecule has 2 saturated heterocycles. The SMILES string of the molecule is NC1CCC2CN(C(=O)NCCN3CCOCC3)CC12. The van der Waals surface area contributed by atoms with Gasteiger partial charge in [-0.3, -0.25) is 4.90 Å². The lowest BCUT2D eigenvalue weighted by Gasteiger charge is -2.27. The second-order valence-electron chi connectivity index (χ2n) is 6.26. The van der Waals surface area contributed by atoms with Crippen LogP contribution in [0.15, 0.2) is 0 Å². The van der Waals surface area contributed by atoms with Gasteiger partial charge in [0.1, 0.15) is 0 Å². The van der Waals surface area contributed by atoms with E-state index in [1.165, 1.54) is 6.42 Å². The fourth-order valence-corrected chi connectivity index (χ4v) is 3.73. The normalized spacial score (nSPS) is 34.2. The maximum absolute atomic E-state index is 12.2. The Morgan fingerprint density at radius 2 is 2.05 bits per heavy atom. The first-order valence-corrected chi connectivity index (χ1v) is 7.82. The van der Waals surface area contributed by atoms with Crippen molar-refractivity contribution in [3.63, 3.8) is 0 Å². The highest BCUT2D eigenvalue weighted by Crippen LogP contribution is 2.36. The van der Waals surface area contributed by atoms with Gasteiger partial charge < -0.3 is 20.7 Å². The molecule has 0 spiro atoms. The third-order valence-electron chi connectivity index (χ3n) is 5.01. The second-order valence-corrected chi connectivity index (χ2v) is 6.26. The topological polar surface area (TPSA) is 70.8 Å². The summed E-state index contributed by atoms with van der Waals surface area (Å²) in [6.45, 7) is 6.92. The molecule has 2 aliphatic heterocycles. The van der Waals surface area contributed by atoms with Crippen LogP contribution in [0.2, 0.25) is 0 Å². The number of carbonyl (C=O) groups is 1. The first-order valence-electron chi connectivity index (χ1n) is 7.82. The van der Waals surface area contributed by atoms with Gasteiger partial charge in [0.2, 0.25) is 0 Å². The van der Waals surface area contributed by atoms with Gasteiger partial charge in [0.25, 0.3) is 0 Å². The summed E-state index contributed by atoms with van der Waals surface area (Å²) >= 11 is 0. The van der Waals surface area contributed by atoms with Crippen molar-refractivity contribution in [2.45, 2.75) is 18.9 Å². The van der Waals surface area contributed by atoms with Crippen LogP contribution >= 0.6 is 0 Å². The van der Waals surface area contributed by atoms with Crippen LogP contribution in [0.1, 0.15) is 12.8 Å². The number of hydrogen-bond acceptors (Lipinski definition) is 4. The first kappa shape index (κ1) is 14.1. The summed E-state index contributed by atoms with van der Waals surface area (Å²) in [6.07, 6.45) is 2.31. The van der Waals surface area contributed by atoms with E-state index in [9.17, 15) is 4.79 Å². The van der Waals surface area contributed by atoms with Gasteiger partial charge in [-0.15, -0.1) is 0 Å². The predicted octanol–water partition coefficient (Wildman–Crippen LogP) is -0.303. The van der Waals surface area contributed by atoms with Crippen molar-refractivity contribution in [3.8, 4) is 0 Å². The van der Waals surface area contributed by atoms with E-state index < -0.39 is 0 Å². The van der Waals surface area contributed by atoms with Crippen molar-refractivity contribution in [2.24, 2.45) is 17.6 Å². The lowest BCUT2D eigenvalue weighted by Crippen LogP contribution is -2.45. The van der Waals surface area contributed by atoms with Crippen LogP contribution in [0.25, 0.3) is 0 Å². The molecule has 2 amide bonds. The van der Waals surface area contributed by atoms with Crippen LogP contribution in [0.4, 0.5) is 4.79 Å². The van der Waals surface area contributed by atoms with Gasteiger partial charge in [-0.1, -0.05) is 0 Å². The largest absolute Gasteiger partial charge is 0.379 e. The molecule has 20 heavy (non-hydrogen) atoms. The number of amides is 2. The number of carbonyl (C=O) groups excluding carboxylic acids is 1. The molecule has 0 aromatic rings. The van der Waals surface area contributed by atoms with Gasteiger partial charge in [0, 0.05) is 45.3 Å². The highest BCUT2D eigenvalue weighted by atomic mass is 16.5. The Hall–Kier alpha value is -0.850. The third kappa shape index (κ3) is 3.07. The zero-order valence-electron chi connectivity index (χ0n) is 12.1. The number of urea groups is 1. The second kappa shape index (κ2) is 6.28. The average Bonchev–Trinajstić information content (AvgIpc) is 3.03. The molecule has 3 N–H and O–H groups in total. The number of nitrogens with zero attached hydrogens (tertiary/aromatic N) is 2. The summed E-state index contributed by atoms with van der Waals surface area (Å²) in [5.41, 5.74) is 6.10. The van der Waals surface area contributed by atoms with Crippen LogP contribution in [0.5, 0.6) is 0 Å². The number of likely N-dealkylation sites (tertiary alicyclic amines) is 1. The molecule has 0 bridgehead atoms. The fourth-order valence-electron chi connectivity index (χ4n) is 3.73. The molecule has 0 radical (unpaired) electrons. The minimum absolute atomic E-state index is 0.0832. The molecular weight excluding hydrogens is 256 g/mol. The molecule has 3 aliphatic rings. The van der Waals surface area contributed by atoms with Crippen molar-refractivity contribution < 1.29 is 9.53 Å². The Bertz CT molecular complexity index is 346. The van der Waals surface area contributed by atoms with E-state index in [-0.39, 0.29) is 6.03 Å². The summed E-state index contributed by atoms with van der Waals surface area (Å²) < 4.78 is 5.31. The smallest absolute Gasteiger partial charge is 0.317 e. The van der Waals surface area contributed by atoms with E-state index >= 15 is 0 Å². The maximum Gasteiger partial charge on any atom is 0.317 e. The quantitative estimate of drug-likeness (QED) is 0.745. The van der Waals surface area contributed by atoms with Crippen LogP contribution in [-0.4, -0.2) is 74.4 Å². The number of rotatable bonds is 3. The number of morpholine rings is 1.